The molecule has 210 valence electrons. The van der Waals surface area contributed by atoms with Crippen molar-refractivity contribution < 1.29 is 32.7 Å². The van der Waals surface area contributed by atoms with Crippen LogP contribution in [0.1, 0.15) is 78.9 Å². The molecule has 1 fully saturated rings. The van der Waals surface area contributed by atoms with Gasteiger partial charge in [0.25, 0.3) is 5.91 Å². The lowest BCUT2D eigenvalue weighted by Gasteiger charge is -2.28. The van der Waals surface area contributed by atoms with Gasteiger partial charge in [0.15, 0.2) is 11.5 Å². The van der Waals surface area contributed by atoms with E-state index in [2.05, 4.69) is 21.9 Å². The van der Waals surface area contributed by atoms with Crippen molar-refractivity contribution in [2.24, 2.45) is 11.3 Å². The molecule has 0 bridgehead atoms. The first-order valence-corrected chi connectivity index (χ1v) is 12.8. The summed E-state index contributed by atoms with van der Waals surface area (Å²) in [4.78, 5) is 42.6. The number of carbonyl (C=O) groups excluding carboxylic acids is 2. The van der Waals surface area contributed by atoms with E-state index in [9.17, 15) is 32.7 Å². The highest BCUT2D eigenvalue weighted by molar-refractivity contribution is 6.39. The van der Waals surface area contributed by atoms with Crippen molar-refractivity contribution in [3.63, 3.8) is 0 Å². The number of aliphatic carboxylic acids is 1. The number of ketones is 1. The third-order valence-electron chi connectivity index (χ3n) is 6.17. The fourth-order valence-electron chi connectivity index (χ4n) is 4.35. The summed E-state index contributed by atoms with van der Waals surface area (Å²) in [6.07, 6.45) is -1.03. The molecule has 0 aliphatic heterocycles. The van der Waals surface area contributed by atoms with E-state index in [4.69, 9.17) is 23.2 Å². The number of amides is 1. The minimum absolute atomic E-state index is 0.0681. The second kappa shape index (κ2) is 12.0. The monoisotopic (exact) mass is 586 g/mol. The standard InChI is InChI=1S/C26H27Cl2F3N4O4/c1-25(2,3)9-4-10-34(14-20(36)21-18(27)12-32-13-19(21)28)23(37)17-11-33-35(22(17)26(29,30)31)16-7-5-15(6-8-16)24(38)39/h11-13,15-16H,5-8,10,14H2,1-3H3,(H,38,39). The van der Waals surface area contributed by atoms with Crippen LogP contribution in [0.2, 0.25) is 10.0 Å². The zero-order valence-corrected chi connectivity index (χ0v) is 23.0. The van der Waals surface area contributed by atoms with Crippen LogP contribution in [0, 0.1) is 23.2 Å². The van der Waals surface area contributed by atoms with Gasteiger partial charge in [-0.1, -0.05) is 35.0 Å². The van der Waals surface area contributed by atoms with E-state index in [1.807, 2.05) is 20.8 Å². The van der Waals surface area contributed by atoms with Crippen LogP contribution in [-0.2, 0) is 11.0 Å². The molecule has 3 rings (SSSR count). The SMILES string of the molecule is CC(C)(C)C#CCN(CC(=O)c1c(Cl)cncc1Cl)C(=O)c1cnn(C2CCC(C(=O)O)CC2)c1C(F)(F)F. The maximum absolute atomic E-state index is 14.3. The number of carbonyl (C=O) groups is 3. The summed E-state index contributed by atoms with van der Waals surface area (Å²) in [7, 11) is 0. The van der Waals surface area contributed by atoms with Crippen molar-refractivity contribution in [1.82, 2.24) is 19.7 Å². The van der Waals surface area contributed by atoms with E-state index in [1.54, 1.807) is 0 Å². The zero-order chi connectivity index (χ0) is 29.1. The number of nitrogens with zero attached hydrogens (tertiary/aromatic N) is 4. The maximum atomic E-state index is 14.3. The molecule has 2 aromatic rings. The highest BCUT2D eigenvalue weighted by Crippen LogP contribution is 2.39. The van der Waals surface area contributed by atoms with Crippen molar-refractivity contribution >= 4 is 40.9 Å². The zero-order valence-electron chi connectivity index (χ0n) is 21.5. The smallest absolute Gasteiger partial charge is 0.433 e. The number of rotatable bonds is 7. The van der Waals surface area contributed by atoms with Crippen molar-refractivity contribution in [3.8, 4) is 11.8 Å². The summed E-state index contributed by atoms with van der Waals surface area (Å²) in [6.45, 7) is 4.47. The molecular weight excluding hydrogens is 560 g/mol. The van der Waals surface area contributed by atoms with Crippen LogP contribution in [0.5, 0.6) is 0 Å². The van der Waals surface area contributed by atoms with Crippen LogP contribution in [0.3, 0.4) is 0 Å². The molecule has 39 heavy (non-hydrogen) atoms. The van der Waals surface area contributed by atoms with Gasteiger partial charge in [-0.25, -0.2) is 0 Å². The Morgan fingerprint density at radius 3 is 2.18 bits per heavy atom. The molecule has 0 unspecified atom stereocenters. The number of alkyl halides is 3. The van der Waals surface area contributed by atoms with Crippen LogP contribution in [-0.4, -0.2) is 55.5 Å². The van der Waals surface area contributed by atoms with E-state index in [0.29, 0.717) is 0 Å². The lowest BCUT2D eigenvalue weighted by molar-refractivity contribution is -0.147. The molecule has 0 radical (unpaired) electrons. The Labute approximate surface area is 233 Å². The van der Waals surface area contributed by atoms with Crippen LogP contribution in [0.4, 0.5) is 13.2 Å². The van der Waals surface area contributed by atoms with Crippen LogP contribution in [0.15, 0.2) is 18.6 Å². The van der Waals surface area contributed by atoms with Crippen molar-refractivity contribution in [1.29, 1.82) is 0 Å². The largest absolute Gasteiger partial charge is 0.481 e. The molecule has 1 aliphatic carbocycles. The molecule has 2 heterocycles. The minimum atomic E-state index is -4.95. The number of aromatic nitrogens is 3. The third-order valence-corrected chi connectivity index (χ3v) is 6.75. The first kappa shape index (κ1) is 30.4. The van der Waals surface area contributed by atoms with E-state index in [0.717, 1.165) is 15.8 Å². The van der Waals surface area contributed by atoms with E-state index in [-0.39, 0.29) is 47.8 Å². The molecule has 0 aromatic carbocycles. The number of hydrogen-bond donors (Lipinski definition) is 1. The number of carboxylic acid groups (broad SMARTS) is 1. The Morgan fingerprint density at radius 2 is 1.67 bits per heavy atom. The predicted molar refractivity (Wildman–Crippen MR) is 138 cm³/mol. The minimum Gasteiger partial charge on any atom is -0.481 e. The van der Waals surface area contributed by atoms with Gasteiger partial charge in [-0.2, -0.15) is 18.3 Å². The average Bonchev–Trinajstić information content (AvgIpc) is 3.28. The van der Waals surface area contributed by atoms with Gasteiger partial charge in [0.1, 0.15) is 0 Å². The van der Waals surface area contributed by atoms with Crippen LogP contribution < -0.4 is 0 Å². The molecule has 0 atom stereocenters. The lowest BCUT2D eigenvalue weighted by Crippen LogP contribution is -2.37. The van der Waals surface area contributed by atoms with Gasteiger partial charge in [0.05, 0.1) is 52.4 Å². The van der Waals surface area contributed by atoms with Gasteiger partial charge in [-0.15, -0.1) is 0 Å². The Kier molecular flexibility index (Phi) is 9.34. The molecular formula is C26H27Cl2F3N4O4. The molecule has 2 aromatic heterocycles. The van der Waals surface area contributed by atoms with Gasteiger partial charge in [0.2, 0.25) is 0 Å². The van der Waals surface area contributed by atoms with Gasteiger partial charge in [-0.3, -0.25) is 24.0 Å². The molecule has 0 spiro atoms. The Balaban J connectivity index is 1.99. The highest BCUT2D eigenvalue weighted by atomic mass is 35.5. The molecule has 13 heteroatoms. The number of halogens is 5. The number of carboxylic acids is 1. The van der Waals surface area contributed by atoms with E-state index < -0.39 is 59.0 Å². The summed E-state index contributed by atoms with van der Waals surface area (Å²) < 4.78 is 43.7. The average molecular weight is 587 g/mol. The quantitative estimate of drug-likeness (QED) is 0.325. The van der Waals surface area contributed by atoms with Crippen LogP contribution >= 0.6 is 23.2 Å². The van der Waals surface area contributed by atoms with Gasteiger partial charge in [0, 0.05) is 17.8 Å². The van der Waals surface area contributed by atoms with Crippen molar-refractivity contribution in [2.45, 2.75) is 58.7 Å². The number of Topliss-reactive ketones (excluding diaryl/α,β-unsaturated/α-hetero) is 1. The third kappa shape index (κ3) is 7.51. The van der Waals surface area contributed by atoms with Crippen molar-refractivity contribution in [3.05, 3.63) is 45.5 Å². The number of pyridine rings is 1. The molecule has 1 amide bonds. The molecule has 1 saturated carbocycles. The fourth-order valence-corrected chi connectivity index (χ4v) is 4.92. The van der Waals surface area contributed by atoms with E-state index in [1.165, 1.54) is 12.4 Å². The summed E-state index contributed by atoms with van der Waals surface area (Å²) in [5.74, 6) is 2.24. The molecule has 8 nitrogen and oxygen atoms in total. The first-order valence-electron chi connectivity index (χ1n) is 12.1. The maximum Gasteiger partial charge on any atom is 0.433 e. The topological polar surface area (TPSA) is 105 Å². The predicted octanol–water partition coefficient (Wildman–Crippen LogP) is 5.79. The van der Waals surface area contributed by atoms with Gasteiger partial charge < -0.3 is 10.0 Å². The second-order valence-corrected chi connectivity index (χ2v) is 11.1. The molecule has 0 saturated heterocycles. The number of hydrogen-bond acceptors (Lipinski definition) is 5. The Hall–Kier alpha value is -3.10. The Bertz CT molecular complexity index is 1300. The fraction of sp³-hybridized carbons (Fsp3) is 0.500. The van der Waals surface area contributed by atoms with Crippen molar-refractivity contribution in [2.75, 3.05) is 13.1 Å². The lowest BCUT2D eigenvalue weighted by atomic mass is 9.86. The summed E-state index contributed by atoms with van der Waals surface area (Å²) in [6, 6.07) is -0.732. The highest BCUT2D eigenvalue weighted by Gasteiger charge is 2.43. The Morgan fingerprint density at radius 1 is 1.08 bits per heavy atom. The second-order valence-electron chi connectivity index (χ2n) is 10.3. The first-order chi connectivity index (χ1) is 18.1. The summed E-state index contributed by atoms with van der Waals surface area (Å²) in [5.41, 5.74) is -2.57. The summed E-state index contributed by atoms with van der Waals surface area (Å²) in [5, 5.41) is 13.0. The normalized spacial score (nSPS) is 17.7. The van der Waals surface area contributed by atoms with E-state index >= 15 is 0 Å². The molecule has 1 aliphatic rings. The van der Waals surface area contributed by atoms with Gasteiger partial charge >= 0.3 is 12.1 Å². The van der Waals surface area contributed by atoms with Gasteiger partial charge in [-0.05, 0) is 46.5 Å². The van der Waals surface area contributed by atoms with Crippen LogP contribution in [0.25, 0.3) is 0 Å². The summed E-state index contributed by atoms with van der Waals surface area (Å²) >= 11 is 12.1. The molecule has 1 N–H and O–H groups in total.